The average molecular weight is 367 g/mol. The first-order chi connectivity index (χ1) is 11.8. The fourth-order valence-corrected chi connectivity index (χ4v) is 2.92. The number of rotatable bonds is 4. The van der Waals surface area contributed by atoms with Gasteiger partial charge in [-0.25, -0.2) is 0 Å². The van der Waals surface area contributed by atoms with Crippen molar-refractivity contribution in [2.24, 2.45) is 0 Å². The summed E-state index contributed by atoms with van der Waals surface area (Å²) in [4.78, 5) is 16.8. The summed E-state index contributed by atoms with van der Waals surface area (Å²) in [5.41, 5.74) is -0.335. The average Bonchev–Trinajstić information content (AvgIpc) is 3.21. The summed E-state index contributed by atoms with van der Waals surface area (Å²) in [5.74, 6) is 0.355. The molecule has 0 aliphatic heterocycles. The first-order valence-electron chi connectivity index (χ1n) is 7.18. The van der Waals surface area contributed by atoms with Crippen LogP contribution < -0.4 is 5.32 Å². The first-order valence-corrected chi connectivity index (χ1v) is 7.99. The molecule has 3 rings (SSSR count). The quantitative estimate of drug-likeness (QED) is 0.753. The maximum Gasteiger partial charge on any atom is 0.416 e. The van der Waals surface area contributed by atoms with Crippen LogP contribution in [0.25, 0.3) is 22.2 Å². The molecule has 0 aliphatic rings. The molecular formula is C16H12F3N3O2S. The molecule has 0 saturated heterocycles. The number of nitrogens with one attached hydrogen (secondary N) is 1. The summed E-state index contributed by atoms with van der Waals surface area (Å²) in [6.45, 7) is 1.84. The Bertz CT molecular complexity index is 885. The Balaban J connectivity index is 1.77. The molecule has 9 heteroatoms. The second-order valence-electron chi connectivity index (χ2n) is 5.17. The van der Waals surface area contributed by atoms with E-state index in [1.54, 1.807) is 6.07 Å². The molecule has 25 heavy (non-hydrogen) atoms. The van der Waals surface area contributed by atoms with Gasteiger partial charge in [0.1, 0.15) is 0 Å². The minimum absolute atomic E-state index is 0.126. The highest BCUT2D eigenvalue weighted by molar-refractivity contribution is 7.15. The Morgan fingerprint density at radius 2 is 1.92 bits per heavy atom. The van der Waals surface area contributed by atoms with Gasteiger partial charge in [0.2, 0.25) is 11.7 Å². The van der Waals surface area contributed by atoms with Gasteiger partial charge in [-0.15, -0.1) is 11.3 Å². The van der Waals surface area contributed by atoms with Crippen LogP contribution in [0.5, 0.6) is 0 Å². The molecule has 3 aromatic rings. The minimum atomic E-state index is -4.39. The van der Waals surface area contributed by atoms with E-state index in [-0.39, 0.29) is 11.8 Å². The Morgan fingerprint density at radius 3 is 2.56 bits per heavy atom. The van der Waals surface area contributed by atoms with E-state index in [0.717, 1.165) is 21.9 Å². The normalized spacial score (nSPS) is 11.5. The lowest BCUT2D eigenvalue weighted by Crippen LogP contribution is -2.17. The van der Waals surface area contributed by atoms with Gasteiger partial charge in [0.25, 0.3) is 5.89 Å². The first kappa shape index (κ1) is 17.2. The standard InChI is InChI=1S/C16H12F3N3O2S/c1-9(23)20-8-12-6-7-13(25-12)14-21-15(24-22-14)10-2-4-11(5-3-10)16(17,18)19/h2-7H,8H2,1H3,(H,20,23). The van der Waals surface area contributed by atoms with Crippen molar-refractivity contribution in [3.63, 3.8) is 0 Å². The zero-order valence-electron chi connectivity index (χ0n) is 12.9. The molecule has 0 fully saturated rings. The van der Waals surface area contributed by atoms with Gasteiger partial charge in [0.05, 0.1) is 17.0 Å². The van der Waals surface area contributed by atoms with Crippen molar-refractivity contribution in [2.45, 2.75) is 19.6 Å². The summed E-state index contributed by atoms with van der Waals surface area (Å²) in [6.07, 6.45) is -4.39. The molecule has 0 radical (unpaired) electrons. The van der Waals surface area contributed by atoms with Crippen LogP contribution in [0, 0.1) is 0 Å². The largest absolute Gasteiger partial charge is 0.416 e. The van der Waals surface area contributed by atoms with E-state index >= 15 is 0 Å². The van der Waals surface area contributed by atoms with Crippen LogP contribution in [0.2, 0.25) is 0 Å². The highest BCUT2D eigenvalue weighted by Gasteiger charge is 2.30. The molecule has 0 unspecified atom stereocenters. The van der Waals surface area contributed by atoms with Gasteiger partial charge >= 0.3 is 6.18 Å². The summed E-state index contributed by atoms with van der Waals surface area (Å²) in [5, 5.41) is 6.55. The Morgan fingerprint density at radius 1 is 1.20 bits per heavy atom. The van der Waals surface area contributed by atoms with E-state index < -0.39 is 11.7 Å². The molecule has 0 bridgehead atoms. The third-order valence-electron chi connectivity index (χ3n) is 3.28. The fourth-order valence-electron chi connectivity index (χ4n) is 2.05. The number of carbonyl (C=O) groups excluding carboxylic acids is 1. The van der Waals surface area contributed by atoms with Crippen molar-refractivity contribution in [1.29, 1.82) is 0 Å². The zero-order chi connectivity index (χ0) is 18.0. The molecule has 1 N–H and O–H groups in total. The highest BCUT2D eigenvalue weighted by Crippen LogP contribution is 2.32. The van der Waals surface area contributed by atoms with Gasteiger partial charge in [-0.05, 0) is 36.4 Å². The molecule has 0 saturated carbocycles. The van der Waals surface area contributed by atoms with Crippen LogP contribution in [0.1, 0.15) is 17.4 Å². The Hall–Kier alpha value is -2.68. The van der Waals surface area contributed by atoms with Crippen LogP contribution in [0.3, 0.4) is 0 Å². The summed E-state index contributed by atoms with van der Waals surface area (Å²) >= 11 is 1.39. The van der Waals surface area contributed by atoms with Crippen LogP contribution in [-0.2, 0) is 17.5 Å². The Kier molecular flexibility index (Phi) is 4.58. The number of amides is 1. The number of carbonyl (C=O) groups is 1. The Labute approximate surface area is 144 Å². The van der Waals surface area contributed by atoms with Crippen LogP contribution in [0.15, 0.2) is 40.9 Å². The number of benzene rings is 1. The van der Waals surface area contributed by atoms with Crippen molar-refractivity contribution in [3.8, 4) is 22.2 Å². The van der Waals surface area contributed by atoms with Crippen molar-refractivity contribution in [3.05, 3.63) is 46.8 Å². The van der Waals surface area contributed by atoms with Gasteiger partial charge in [0.15, 0.2) is 0 Å². The number of nitrogens with zero attached hydrogens (tertiary/aromatic N) is 2. The molecule has 2 aromatic heterocycles. The van der Waals surface area contributed by atoms with E-state index in [0.29, 0.717) is 17.9 Å². The van der Waals surface area contributed by atoms with Crippen molar-refractivity contribution in [1.82, 2.24) is 15.5 Å². The highest BCUT2D eigenvalue weighted by atomic mass is 32.1. The number of halogens is 3. The molecule has 2 heterocycles. The van der Waals surface area contributed by atoms with Crippen LogP contribution >= 0.6 is 11.3 Å². The smallest absolute Gasteiger partial charge is 0.351 e. The van der Waals surface area contributed by atoms with Crippen LogP contribution in [-0.4, -0.2) is 16.0 Å². The summed E-state index contributed by atoms with van der Waals surface area (Å²) < 4.78 is 42.9. The topological polar surface area (TPSA) is 68.0 Å². The maximum atomic E-state index is 12.6. The molecule has 1 aromatic carbocycles. The third-order valence-corrected chi connectivity index (χ3v) is 4.36. The lowest BCUT2D eigenvalue weighted by molar-refractivity contribution is -0.137. The van der Waals surface area contributed by atoms with Gasteiger partial charge in [0, 0.05) is 17.4 Å². The van der Waals surface area contributed by atoms with E-state index in [1.807, 2.05) is 6.07 Å². The van der Waals surface area contributed by atoms with Gasteiger partial charge < -0.3 is 9.84 Å². The molecule has 1 amide bonds. The molecule has 0 aliphatic carbocycles. The van der Waals surface area contributed by atoms with Crippen molar-refractivity contribution in [2.75, 3.05) is 0 Å². The summed E-state index contributed by atoms with van der Waals surface area (Å²) in [6, 6.07) is 8.15. The maximum absolute atomic E-state index is 12.6. The minimum Gasteiger partial charge on any atom is -0.351 e. The molecule has 130 valence electrons. The second-order valence-corrected chi connectivity index (χ2v) is 6.34. The zero-order valence-corrected chi connectivity index (χ0v) is 13.7. The SMILES string of the molecule is CC(=O)NCc1ccc(-c2noc(-c3ccc(C(F)(F)F)cc3)n2)s1. The number of thiophene rings is 1. The summed E-state index contributed by atoms with van der Waals surface area (Å²) in [7, 11) is 0. The van der Waals surface area contributed by atoms with Crippen molar-refractivity contribution < 1.29 is 22.5 Å². The van der Waals surface area contributed by atoms with E-state index in [1.165, 1.54) is 30.4 Å². The molecule has 0 spiro atoms. The van der Waals surface area contributed by atoms with Gasteiger partial charge in [-0.3, -0.25) is 4.79 Å². The number of hydrogen-bond donors (Lipinski definition) is 1. The molecular weight excluding hydrogens is 355 g/mol. The van der Waals surface area contributed by atoms with E-state index in [9.17, 15) is 18.0 Å². The fraction of sp³-hybridized carbons (Fsp3) is 0.188. The van der Waals surface area contributed by atoms with Gasteiger partial charge in [-0.2, -0.15) is 18.2 Å². The monoisotopic (exact) mass is 367 g/mol. The van der Waals surface area contributed by atoms with Crippen LogP contribution in [0.4, 0.5) is 13.2 Å². The number of hydrogen-bond acceptors (Lipinski definition) is 5. The van der Waals surface area contributed by atoms with E-state index in [2.05, 4.69) is 15.5 Å². The predicted molar refractivity (Wildman–Crippen MR) is 85.6 cm³/mol. The number of alkyl halides is 3. The van der Waals surface area contributed by atoms with Gasteiger partial charge in [-0.1, -0.05) is 5.16 Å². The predicted octanol–water partition coefficient (Wildman–Crippen LogP) is 4.12. The lowest BCUT2D eigenvalue weighted by Gasteiger charge is -2.05. The van der Waals surface area contributed by atoms with Crippen molar-refractivity contribution >= 4 is 17.2 Å². The molecule has 5 nitrogen and oxygen atoms in total. The number of aromatic nitrogens is 2. The van der Waals surface area contributed by atoms with E-state index in [4.69, 9.17) is 4.52 Å². The molecule has 0 atom stereocenters. The third kappa shape index (κ3) is 4.05. The lowest BCUT2D eigenvalue weighted by atomic mass is 10.1. The second kappa shape index (κ2) is 6.67.